The highest BCUT2D eigenvalue weighted by molar-refractivity contribution is 5.71. The first kappa shape index (κ1) is 73.1. The zero-order valence-electron chi connectivity index (χ0n) is 50.4. The highest BCUT2D eigenvalue weighted by atomic mass is 16.6. The molecule has 0 N–H and O–H groups in total. The van der Waals surface area contributed by atoms with Crippen molar-refractivity contribution in [3.8, 4) is 0 Å². The van der Waals surface area contributed by atoms with Crippen LogP contribution in [0.5, 0.6) is 0 Å². The summed E-state index contributed by atoms with van der Waals surface area (Å²) < 4.78 is 16.9. The van der Waals surface area contributed by atoms with Crippen molar-refractivity contribution in [2.24, 2.45) is 0 Å². The van der Waals surface area contributed by atoms with Crippen molar-refractivity contribution < 1.29 is 28.6 Å². The molecule has 0 radical (unpaired) electrons. The fraction of sp³-hybridized carbons (Fsp3) is 0.704. The molecule has 0 aliphatic carbocycles. The fourth-order valence-electron chi connectivity index (χ4n) is 8.99. The number of carbonyl (C=O) groups excluding carboxylic acids is 3. The van der Waals surface area contributed by atoms with E-state index in [4.69, 9.17) is 14.2 Å². The Kier molecular flexibility index (Phi) is 61.3. The van der Waals surface area contributed by atoms with Gasteiger partial charge in [-0.25, -0.2) is 0 Å². The van der Waals surface area contributed by atoms with Crippen LogP contribution in [0.25, 0.3) is 0 Å². The smallest absolute Gasteiger partial charge is 0.306 e. The summed E-state index contributed by atoms with van der Waals surface area (Å²) in [7, 11) is 0. The Hall–Kier alpha value is -3.93. The third kappa shape index (κ3) is 62.8. The lowest BCUT2D eigenvalue weighted by Gasteiger charge is -2.18. The van der Waals surface area contributed by atoms with E-state index >= 15 is 0 Å². The van der Waals surface area contributed by atoms with Crippen molar-refractivity contribution in [2.75, 3.05) is 13.2 Å². The Labute approximate surface area is 476 Å². The molecule has 0 aliphatic rings. The highest BCUT2D eigenvalue weighted by Crippen LogP contribution is 2.16. The van der Waals surface area contributed by atoms with E-state index in [2.05, 4.69) is 130 Å². The van der Waals surface area contributed by atoms with Crippen LogP contribution >= 0.6 is 0 Å². The van der Waals surface area contributed by atoms with E-state index in [1.165, 1.54) is 122 Å². The van der Waals surface area contributed by atoms with Crippen molar-refractivity contribution in [3.63, 3.8) is 0 Å². The van der Waals surface area contributed by atoms with Gasteiger partial charge >= 0.3 is 17.9 Å². The average Bonchev–Trinajstić information content (AvgIpc) is 3.43. The van der Waals surface area contributed by atoms with E-state index in [0.29, 0.717) is 19.3 Å². The molecular formula is C71H120O6. The number of hydrogen-bond acceptors (Lipinski definition) is 6. The van der Waals surface area contributed by atoms with Gasteiger partial charge in [0, 0.05) is 19.3 Å². The van der Waals surface area contributed by atoms with Gasteiger partial charge in [0.05, 0.1) is 0 Å². The maximum atomic E-state index is 12.9. The number of allylic oxidation sites excluding steroid dienone is 18. The summed E-state index contributed by atoms with van der Waals surface area (Å²) in [6.45, 7) is 6.42. The molecule has 1 unspecified atom stereocenters. The van der Waals surface area contributed by atoms with Gasteiger partial charge in [-0.05, 0) is 103 Å². The van der Waals surface area contributed by atoms with Crippen LogP contribution < -0.4 is 0 Å². The molecule has 6 nitrogen and oxygen atoms in total. The van der Waals surface area contributed by atoms with E-state index in [0.717, 1.165) is 141 Å². The third-order valence-electron chi connectivity index (χ3n) is 13.8. The van der Waals surface area contributed by atoms with Crippen LogP contribution in [0.2, 0.25) is 0 Å². The molecule has 0 amide bonds. The van der Waals surface area contributed by atoms with Gasteiger partial charge in [-0.3, -0.25) is 14.4 Å². The first-order chi connectivity index (χ1) is 38.0. The Morgan fingerprint density at radius 3 is 0.792 bits per heavy atom. The second-order valence-corrected chi connectivity index (χ2v) is 21.3. The summed E-state index contributed by atoms with van der Waals surface area (Å²) in [6, 6.07) is 0. The van der Waals surface area contributed by atoms with E-state index in [1.54, 1.807) is 0 Å². The van der Waals surface area contributed by atoms with Gasteiger partial charge in [-0.15, -0.1) is 0 Å². The van der Waals surface area contributed by atoms with Gasteiger partial charge in [0.25, 0.3) is 0 Å². The summed E-state index contributed by atoms with van der Waals surface area (Å²) >= 11 is 0. The Bertz CT molecular complexity index is 1560. The highest BCUT2D eigenvalue weighted by Gasteiger charge is 2.19. The van der Waals surface area contributed by atoms with Crippen LogP contribution in [-0.4, -0.2) is 37.2 Å². The molecule has 0 saturated carbocycles. The van der Waals surface area contributed by atoms with Crippen LogP contribution in [0.4, 0.5) is 0 Å². The summed E-state index contributed by atoms with van der Waals surface area (Å²) in [6.07, 6.45) is 88.0. The first-order valence-electron chi connectivity index (χ1n) is 32.4. The first-order valence-corrected chi connectivity index (χ1v) is 32.4. The second kappa shape index (κ2) is 64.6. The van der Waals surface area contributed by atoms with Gasteiger partial charge < -0.3 is 14.2 Å². The Morgan fingerprint density at radius 2 is 0.506 bits per heavy atom. The summed E-state index contributed by atoms with van der Waals surface area (Å²) in [5, 5.41) is 0. The molecular weight excluding hydrogens is 949 g/mol. The van der Waals surface area contributed by atoms with Gasteiger partial charge in [0.15, 0.2) is 6.10 Å². The number of esters is 3. The molecule has 0 aromatic heterocycles. The quantitative estimate of drug-likeness (QED) is 0.0261. The van der Waals surface area contributed by atoms with Crippen molar-refractivity contribution in [1.29, 1.82) is 0 Å². The minimum Gasteiger partial charge on any atom is -0.462 e. The van der Waals surface area contributed by atoms with Crippen molar-refractivity contribution in [3.05, 3.63) is 109 Å². The molecule has 0 spiro atoms. The molecule has 440 valence electrons. The van der Waals surface area contributed by atoms with Gasteiger partial charge in [0.2, 0.25) is 0 Å². The van der Waals surface area contributed by atoms with Crippen LogP contribution in [0.3, 0.4) is 0 Å². The maximum absolute atomic E-state index is 12.9. The van der Waals surface area contributed by atoms with Crippen LogP contribution in [0, 0.1) is 0 Å². The number of carbonyl (C=O) groups is 3. The standard InChI is InChI=1S/C71H120O6/c1-4-7-10-13-16-19-22-25-28-31-33-35-37-40-43-46-49-52-55-58-61-64-70(73)76-67-68(66-75-69(72)63-60-57-54-51-48-45-42-39-30-27-24-21-18-15-12-9-6-3)77-71(74)65-62-59-56-53-50-47-44-41-38-36-34-32-29-26-23-20-17-14-11-8-5-2/h7-8,10-11,16-17,19-20,25-26,28-29,33-36,40,43,68H,4-6,9,12-15,18,21-24,27,30-32,37-39,41-42,44-67H2,1-3H3/b10-7-,11-8-,19-16-,20-17-,28-25-,29-26-,35-33-,36-34-,43-40-. The fourth-order valence-corrected chi connectivity index (χ4v) is 8.99. The minimum absolute atomic E-state index is 0.0863. The topological polar surface area (TPSA) is 78.9 Å². The second-order valence-electron chi connectivity index (χ2n) is 21.3. The molecule has 1 atom stereocenters. The molecule has 0 aliphatic heterocycles. The molecule has 0 bridgehead atoms. The summed E-state index contributed by atoms with van der Waals surface area (Å²) in [5.41, 5.74) is 0. The summed E-state index contributed by atoms with van der Waals surface area (Å²) in [5.74, 6) is -0.903. The Morgan fingerprint density at radius 1 is 0.273 bits per heavy atom. The van der Waals surface area contributed by atoms with Crippen LogP contribution in [-0.2, 0) is 28.6 Å². The molecule has 6 heteroatoms. The predicted octanol–water partition coefficient (Wildman–Crippen LogP) is 22.2. The lowest BCUT2D eigenvalue weighted by Crippen LogP contribution is -2.30. The molecule has 0 fully saturated rings. The molecule has 0 saturated heterocycles. The minimum atomic E-state index is -0.793. The Balaban J connectivity index is 4.44. The monoisotopic (exact) mass is 1070 g/mol. The van der Waals surface area contributed by atoms with Crippen LogP contribution in [0.1, 0.15) is 303 Å². The van der Waals surface area contributed by atoms with E-state index < -0.39 is 6.10 Å². The lowest BCUT2D eigenvalue weighted by molar-refractivity contribution is -0.167. The zero-order valence-corrected chi connectivity index (χ0v) is 50.4. The van der Waals surface area contributed by atoms with Crippen molar-refractivity contribution in [1.82, 2.24) is 0 Å². The zero-order chi connectivity index (χ0) is 55.7. The SMILES string of the molecule is CC/C=C\C/C=C\C/C=C\C/C=C\C/C=C\CCCCCCCC(=O)OCC(COC(=O)CCCCCCCCCCCCCCCCCCC)OC(=O)CCCCCCCCCC/C=C\C/C=C\C/C=C\C/C=C\CC. The molecule has 77 heavy (non-hydrogen) atoms. The molecule has 0 aromatic rings. The largest absolute Gasteiger partial charge is 0.462 e. The van der Waals surface area contributed by atoms with E-state index in [9.17, 15) is 14.4 Å². The third-order valence-corrected chi connectivity index (χ3v) is 13.8. The number of ether oxygens (including phenoxy) is 3. The van der Waals surface area contributed by atoms with Crippen LogP contribution in [0.15, 0.2) is 109 Å². The molecule has 0 aromatic carbocycles. The number of unbranched alkanes of at least 4 members (excludes halogenated alkanes) is 29. The van der Waals surface area contributed by atoms with E-state index in [1.807, 2.05) is 0 Å². The summed E-state index contributed by atoms with van der Waals surface area (Å²) in [4.78, 5) is 38.4. The van der Waals surface area contributed by atoms with Crippen molar-refractivity contribution >= 4 is 17.9 Å². The number of rotatable bonds is 58. The lowest BCUT2D eigenvalue weighted by atomic mass is 10.0. The predicted molar refractivity (Wildman–Crippen MR) is 334 cm³/mol. The normalized spacial score (nSPS) is 12.8. The molecule has 0 heterocycles. The van der Waals surface area contributed by atoms with Gasteiger partial charge in [-0.2, -0.15) is 0 Å². The van der Waals surface area contributed by atoms with Gasteiger partial charge in [-0.1, -0.05) is 291 Å². The maximum Gasteiger partial charge on any atom is 0.306 e. The average molecular weight is 1070 g/mol. The van der Waals surface area contributed by atoms with Gasteiger partial charge in [0.1, 0.15) is 13.2 Å². The van der Waals surface area contributed by atoms with E-state index in [-0.39, 0.29) is 31.1 Å². The van der Waals surface area contributed by atoms with Crippen molar-refractivity contribution in [2.45, 2.75) is 309 Å². The number of hydrogen-bond donors (Lipinski definition) is 0. The molecule has 0 rings (SSSR count).